The van der Waals surface area contributed by atoms with Gasteiger partial charge >= 0.3 is 0 Å². The van der Waals surface area contributed by atoms with Crippen molar-refractivity contribution in [1.82, 2.24) is 13.7 Å². The summed E-state index contributed by atoms with van der Waals surface area (Å²) in [5, 5.41) is 7.56. The number of hydrogen-bond donors (Lipinski definition) is 0. The first-order chi connectivity index (χ1) is 69.4. The lowest BCUT2D eigenvalue weighted by Gasteiger charge is -2.30. The van der Waals surface area contributed by atoms with E-state index in [0.29, 0.717) is 0 Å². The van der Waals surface area contributed by atoms with Crippen LogP contribution in [0.1, 0.15) is 33.4 Å². The van der Waals surface area contributed by atoms with Crippen LogP contribution in [0.2, 0.25) is 0 Å². The summed E-state index contributed by atoms with van der Waals surface area (Å²) >= 11 is 0. The minimum atomic E-state index is 1.05. The number of anilines is 18. The molecule has 0 fully saturated rings. The third-order valence-corrected chi connectivity index (χ3v) is 26.6. The Kier molecular flexibility index (Phi) is 24.5. The van der Waals surface area contributed by atoms with Crippen LogP contribution in [0.5, 0.6) is 0 Å². The second-order valence-corrected chi connectivity index (χ2v) is 36.3. The highest BCUT2D eigenvalue weighted by atomic mass is 15.2. The Hall–Kier alpha value is -18.2. The number of benzene rings is 21. The molecule has 0 aliphatic heterocycles. The van der Waals surface area contributed by atoms with Crippen molar-refractivity contribution in [2.24, 2.45) is 0 Å². The summed E-state index contributed by atoms with van der Waals surface area (Å²) < 4.78 is 7.12. The Morgan fingerprint density at radius 2 is 0.255 bits per heavy atom. The zero-order valence-electron chi connectivity index (χ0n) is 79.8. The topological polar surface area (TPSA) is 34.2 Å². The third kappa shape index (κ3) is 18.0. The first kappa shape index (κ1) is 88.1. The molecule has 9 nitrogen and oxygen atoms in total. The van der Waals surface area contributed by atoms with Crippen molar-refractivity contribution in [2.75, 3.05) is 29.4 Å². The molecule has 0 spiro atoms. The molecule has 24 rings (SSSR count). The van der Waals surface area contributed by atoms with Gasteiger partial charge in [-0.25, -0.2) is 0 Å². The van der Waals surface area contributed by atoms with Crippen molar-refractivity contribution in [2.45, 2.75) is 41.5 Å². The van der Waals surface area contributed by atoms with E-state index in [4.69, 9.17) is 0 Å². The molecule has 9 heteroatoms. The van der Waals surface area contributed by atoms with Crippen LogP contribution < -0.4 is 29.4 Å². The molecule has 0 bridgehead atoms. The highest BCUT2D eigenvalue weighted by Gasteiger charge is 2.25. The molecule has 0 saturated heterocycles. The highest BCUT2D eigenvalue weighted by Crippen LogP contribution is 2.47. The molecule has 0 N–H and O–H groups in total. The molecule has 0 saturated carbocycles. The first-order valence-electron chi connectivity index (χ1n) is 48.3. The monoisotopic (exact) mass is 1820 g/mol. The summed E-state index contributed by atoms with van der Waals surface area (Å²) in [6.07, 6.45) is 0. The van der Waals surface area contributed by atoms with Crippen molar-refractivity contribution in [3.8, 4) is 17.1 Å². The molecule has 0 unspecified atom stereocenters. The number of fused-ring (bicyclic) bond motifs is 9. The largest absolute Gasteiger partial charge is 0.311 e. The summed E-state index contributed by atoms with van der Waals surface area (Å²) in [4.78, 5) is 13.9. The minimum absolute atomic E-state index is 1.05. The third-order valence-electron chi connectivity index (χ3n) is 26.6. The Labute approximate surface area is 825 Å². The van der Waals surface area contributed by atoms with Crippen molar-refractivity contribution in [3.05, 3.63) is 561 Å². The molecule has 678 valence electrons. The average molecular weight is 1820 g/mol. The Morgan fingerprint density at radius 3 is 0.440 bits per heavy atom. The van der Waals surface area contributed by atoms with Gasteiger partial charge < -0.3 is 43.1 Å². The summed E-state index contributed by atoms with van der Waals surface area (Å²) in [6, 6.07) is 190. The van der Waals surface area contributed by atoms with E-state index in [1.807, 2.05) is 0 Å². The van der Waals surface area contributed by atoms with E-state index in [-0.39, 0.29) is 0 Å². The fourth-order valence-electron chi connectivity index (χ4n) is 19.9. The van der Waals surface area contributed by atoms with Gasteiger partial charge in [-0.3, -0.25) is 0 Å². The average Bonchev–Trinajstić information content (AvgIpc) is 1.58. The maximum absolute atomic E-state index is 2.37. The van der Waals surface area contributed by atoms with E-state index in [1.165, 1.54) is 116 Å². The molecule has 0 atom stereocenters. The molecule has 3 aromatic heterocycles. The molecule has 141 heavy (non-hydrogen) atoms. The smallest absolute Gasteiger partial charge is 0.0541 e. The molecule has 0 radical (unpaired) electrons. The number of hydrogen-bond acceptors (Lipinski definition) is 6. The number of aromatic nitrogens is 3. The van der Waals surface area contributed by atoms with Crippen molar-refractivity contribution < 1.29 is 0 Å². The van der Waals surface area contributed by atoms with Crippen molar-refractivity contribution >= 4 is 168 Å². The Balaban J connectivity index is 0.000000134. The van der Waals surface area contributed by atoms with Gasteiger partial charge in [-0.2, -0.15) is 0 Å². The maximum atomic E-state index is 2.37. The SMILES string of the molecule is Cc1ccc(N(c2ccc(C)cc2)c2ccc(C)cc2)cc1.Cc1cccc(N(c2ccccc2)c2ccc(N(c3ccc(N(c4ccccc4)c4cccc(C)c4)cc3)c3ccc(N(c4ccccc4)c4cccc(C)c4)cc3)cc2)c1.c1ccc2c(c1)c1ccccc1n2-c1ccc(N(c2ccc(-n3c4ccccc4c4ccccc43)cc2)c2ccc(-n3c4ccccc4c4ccccc43)cc2)cc1. The second-order valence-electron chi connectivity index (χ2n) is 36.3. The van der Waals surface area contributed by atoms with Crippen LogP contribution in [0.15, 0.2) is 528 Å². The van der Waals surface area contributed by atoms with Gasteiger partial charge in [0.05, 0.1) is 33.1 Å². The Morgan fingerprint density at radius 1 is 0.113 bits per heavy atom. The number of aryl methyl sites for hydroxylation is 6. The van der Waals surface area contributed by atoms with Crippen LogP contribution in [0.4, 0.5) is 102 Å². The van der Waals surface area contributed by atoms with E-state index < -0.39 is 0 Å². The molecule has 0 aliphatic carbocycles. The first-order valence-corrected chi connectivity index (χ1v) is 48.3. The van der Waals surface area contributed by atoms with Crippen LogP contribution in [-0.4, -0.2) is 13.7 Å². The van der Waals surface area contributed by atoms with Crippen LogP contribution in [0, 0.1) is 41.5 Å². The van der Waals surface area contributed by atoms with Crippen molar-refractivity contribution in [1.29, 1.82) is 0 Å². The summed E-state index contributed by atoms with van der Waals surface area (Å²) in [7, 11) is 0. The lowest BCUT2D eigenvalue weighted by Crippen LogP contribution is -2.14. The molecular weight excluding hydrogens is 1710 g/mol. The predicted octanol–water partition coefficient (Wildman–Crippen LogP) is 37.0. The van der Waals surface area contributed by atoms with Crippen LogP contribution in [0.3, 0.4) is 0 Å². The van der Waals surface area contributed by atoms with E-state index in [2.05, 4.69) is 612 Å². The molecule has 21 aromatic carbocycles. The summed E-state index contributed by atoms with van der Waals surface area (Å²) in [5.74, 6) is 0. The molecule has 24 aromatic rings. The molecular formula is C132H105N9. The fraction of sp³-hybridized carbons (Fsp3) is 0.0455. The lowest BCUT2D eigenvalue weighted by atomic mass is 10.1. The fourth-order valence-corrected chi connectivity index (χ4v) is 19.9. The normalized spacial score (nSPS) is 11.2. The number of nitrogens with zero attached hydrogens (tertiary/aromatic N) is 9. The van der Waals surface area contributed by atoms with Crippen LogP contribution >= 0.6 is 0 Å². The molecule has 0 aliphatic rings. The van der Waals surface area contributed by atoms with Gasteiger partial charge in [-0.1, -0.05) is 253 Å². The van der Waals surface area contributed by atoms with Gasteiger partial charge in [0.2, 0.25) is 0 Å². The van der Waals surface area contributed by atoms with E-state index in [0.717, 1.165) is 102 Å². The van der Waals surface area contributed by atoms with Crippen molar-refractivity contribution in [3.63, 3.8) is 0 Å². The van der Waals surface area contributed by atoms with Gasteiger partial charge in [0, 0.05) is 152 Å². The maximum Gasteiger partial charge on any atom is 0.0541 e. The molecule has 3 heterocycles. The van der Waals surface area contributed by atoms with Gasteiger partial charge in [-0.15, -0.1) is 0 Å². The van der Waals surface area contributed by atoms with Gasteiger partial charge in [0.25, 0.3) is 0 Å². The van der Waals surface area contributed by atoms with Gasteiger partial charge in [0.15, 0.2) is 0 Å². The second kappa shape index (κ2) is 39.3. The quantitative estimate of drug-likeness (QED) is 0.0713. The van der Waals surface area contributed by atoms with Crippen LogP contribution in [0.25, 0.3) is 82.5 Å². The lowest BCUT2D eigenvalue weighted by molar-refractivity contribution is 1.16. The van der Waals surface area contributed by atoms with Gasteiger partial charge in [0.1, 0.15) is 0 Å². The zero-order chi connectivity index (χ0) is 95.2. The summed E-state index contributed by atoms with van der Waals surface area (Å²) in [6.45, 7) is 12.8. The van der Waals surface area contributed by atoms with Gasteiger partial charge in [-0.05, 0) is 349 Å². The van der Waals surface area contributed by atoms with E-state index in [1.54, 1.807) is 0 Å². The Bertz CT molecular complexity index is 7540. The number of rotatable bonds is 21. The van der Waals surface area contributed by atoms with E-state index >= 15 is 0 Å². The predicted molar refractivity (Wildman–Crippen MR) is 599 cm³/mol. The standard InChI is InChI=1S/C57H48N4.C54H36N4.C21H21N/c1-43-16-13-25-55(40-43)59(46-19-7-4-8-20-46)52-34-28-49(29-35-52)58(50-30-36-53(37-31-50)60(47-21-9-5-10-22-47)56-26-14-17-44(2)41-56)51-32-38-54(39-33-51)61(48-23-11-6-12-24-48)57-27-15-18-45(3)42-57;1-7-19-49-43(13-1)44-14-2-8-20-50(44)56(49)40-31-25-37(26-32-40)55(38-27-33-41(34-28-38)57-51-21-9-3-15-45(51)46-16-4-10-22-52(46)57)39-29-35-42(36-30-39)58-53-23-11-5-17-47(53)48-18-6-12-24-54(48)58;1-16-4-10-19(11-5-16)22(20-12-6-17(2)7-13-20)21-14-8-18(3)9-15-21/h4-42H,1-3H3;1-36H;4-15H,1-3H3. The van der Waals surface area contributed by atoms with E-state index in [9.17, 15) is 0 Å². The summed E-state index contributed by atoms with van der Waals surface area (Å²) in [5.41, 5.74) is 38.0. The minimum Gasteiger partial charge on any atom is -0.311 e. The van der Waals surface area contributed by atoms with Crippen LogP contribution in [-0.2, 0) is 0 Å². The molecule has 0 amide bonds. The zero-order valence-corrected chi connectivity index (χ0v) is 79.8. The number of para-hydroxylation sites is 9. The highest BCUT2D eigenvalue weighted by molar-refractivity contribution is 6.12.